The number of hydrogen-bond donors (Lipinski definition) is 2. The molecule has 0 spiro atoms. The molecule has 0 unspecified atom stereocenters. The maximum Gasteiger partial charge on any atom is 0.153 e. The van der Waals surface area contributed by atoms with Gasteiger partial charge in [-0.05, 0) is 49.4 Å². The van der Waals surface area contributed by atoms with E-state index >= 15 is 0 Å². The van der Waals surface area contributed by atoms with Gasteiger partial charge < -0.3 is 11.1 Å². The lowest BCUT2D eigenvalue weighted by atomic mass is 9.83. The molecular formula is C13H23N3S2. The highest BCUT2D eigenvalue weighted by molar-refractivity contribution is 7.99. The van der Waals surface area contributed by atoms with Crippen molar-refractivity contribution in [2.45, 2.75) is 56.4 Å². The minimum atomic E-state index is 0.615. The van der Waals surface area contributed by atoms with Crippen LogP contribution in [-0.4, -0.2) is 16.7 Å². The predicted octanol–water partition coefficient (Wildman–Crippen LogP) is 4.22. The second-order valence-corrected chi connectivity index (χ2v) is 6.67. The standard InChI is InChI=1S/C13H23N3S2/c1-3-4-9-5-7-10(8-6-9)15-13-11(17-2)12(14)16-18-13/h9-10,15H,3-8H2,1-2H3,(H2,14,16). The summed E-state index contributed by atoms with van der Waals surface area (Å²) in [5.41, 5.74) is 5.86. The predicted molar refractivity (Wildman–Crippen MR) is 82.6 cm³/mol. The Kier molecular flexibility index (Phi) is 5.18. The summed E-state index contributed by atoms with van der Waals surface area (Å²) in [5, 5.41) is 4.80. The van der Waals surface area contributed by atoms with Crippen LogP contribution in [0.25, 0.3) is 0 Å². The number of hydrogen-bond acceptors (Lipinski definition) is 5. The van der Waals surface area contributed by atoms with E-state index in [0.29, 0.717) is 11.9 Å². The molecule has 1 fully saturated rings. The van der Waals surface area contributed by atoms with Gasteiger partial charge in [0.2, 0.25) is 0 Å². The van der Waals surface area contributed by atoms with Crippen LogP contribution in [0, 0.1) is 5.92 Å². The van der Waals surface area contributed by atoms with Gasteiger partial charge in [0.25, 0.3) is 0 Å². The Balaban J connectivity index is 1.87. The van der Waals surface area contributed by atoms with Crippen molar-refractivity contribution in [3.63, 3.8) is 0 Å². The summed E-state index contributed by atoms with van der Waals surface area (Å²) < 4.78 is 4.23. The van der Waals surface area contributed by atoms with Crippen LogP contribution in [0.5, 0.6) is 0 Å². The number of nitrogen functional groups attached to an aromatic ring is 1. The van der Waals surface area contributed by atoms with Gasteiger partial charge in [-0.25, -0.2) is 0 Å². The van der Waals surface area contributed by atoms with E-state index in [1.807, 2.05) is 0 Å². The number of nitrogens with one attached hydrogen (secondary N) is 1. The van der Waals surface area contributed by atoms with E-state index in [9.17, 15) is 0 Å². The van der Waals surface area contributed by atoms with Crippen LogP contribution in [0.3, 0.4) is 0 Å². The van der Waals surface area contributed by atoms with Crippen molar-refractivity contribution in [2.24, 2.45) is 5.92 Å². The van der Waals surface area contributed by atoms with Crippen LogP contribution in [0.1, 0.15) is 45.4 Å². The Morgan fingerprint density at radius 3 is 2.72 bits per heavy atom. The van der Waals surface area contributed by atoms with Crippen molar-refractivity contribution in [2.75, 3.05) is 17.3 Å². The summed E-state index contributed by atoms with van der Waals surface area (Å²) in [6.45, 7) is 2.29. The van der Waals surface area contributed by atoms with Gasteiger partial charge in [-0.1, -0.05) is 19.8 Å². The van der Waals surface area contributed by atoms with Gasteiger partial charge in [-0.2, -0.15) is 4.37 Å². The Morgan fingerprint density at radius 2 is 2.11 bits per heavy atom. The van der Waals surface area contributed by atoms with Crippen LogP contribution in [-0.2, 0) is 0 Å². The Labute approximate surface area is 118 Å². The minimum Gasteiger partial charge on any atom is -0.382 e. The molecule has 1 aromatic rings. The third-order valence-electron chi connectivity index (χ3n) is 3.76. The molecule has 3 N–H and O–H groups in total. The molecule has 0 saturated heterocycles. The molecule has 2 rings (SSSR count). The molecule has 1 aromatic heterocycles. The number of anilines is 2. The third kappa shape index (κ3) is 3.32. The molecule has 1 saturated carbocycles. The van der Waals surface area contributed by atoms with Crippen molar-refractivity contribution in [1.82, 2.24) is 4.37 Å². The number of aromatic nitrogens is 1. The molecular weight excluding hydrogens is 262 g/mol. The quantitative estimate of drug-likeness (QED) is 0.795. The Bertz CT molecular complexity index is 370. The second-order valence-electron chi connectivity index (χ2n) is 5.08. The van der Waals surface area contributed by atoms with E-state index < -0.39 is 0 Å². The molecule has 0 atom stereocenters. The van der Waals surface area contributed by atoms with Crippen LogP contribution in [0.15, 0.2) is 4.90 Å². The highest BCUT2D eigenvalue weighted by Gasteiger charge is 2.22. The zero-order valence-corrected chi connectivity index (χ0v) is 12.9. The van der Waals surface area contributed by atoms with E-state index in [0.717, 1.165) is 10.8 Å². The maximum atomic E-state index is 5.86. The van der Waals surface area contributed by atoms with E-state index in [2.05, 4.69) is 22.9 Å². The highest BCUT2D eigenvalue weighted by Crippen LogP contribution is 2.37. The van der Waals surface area contributed by atoms with Crippen molar-refractivity contribution < 1.29 is 0 Å². The molecule has 0 aliphatic heterocycles. The van der Waals surface area contributed by atoms with Gasteiger partial charge in [0.05, 0.1) is 4.90 Å². The summed E-state index contributed by atoms with van der Waals surface area (Å²) >= 11 is 3.18. The number of nitrogens with zero attached hydrogens (tertiary/aromatic N) is 1. The van der Waals surface area contributed by atoms with E-state index in [1.54, 1.807) is 11.8 Å². The third-order valence-corrected chi connectivity index (χ3v) is 5.50. The van der Waals surface area contributed by atoms with Crippen molar-refractivity contribution in [1.29, 1.82) is 0 Å². The van der Waals surface area contributed by atoms with Gasteiger partial charge >= 0.3 is 0 Å². The molecule has 0 amide bonds. The normalized spacial score (nSPS) is 24.1. The number of thioether (sulfide) groups is 1. The van der Waals surface area contributed by atoms with Crippen molar-refractivity contribution in [3.05, 3.63) is 0 Å². The SMILES string of the molecule is CCCC1CCC(Nc2snc(N)c2SC)CC1. The lowest BCUT2D eigenvalue weighted by Crippen LogP contribution is -2.25. The molecule has 0 bridgehead atoms. The largest absolute Gasteiger partial charge is 0.382 e. The molecule has 0 aromatic carbocycles. The zero-order chi connectivity index (χ0) is 13.0. The van der Waals surface area contributed by atoms with Gasteiger partial charge in [0.1, 0.15) is 5.00 Å². The first kappa shape index (κ1) is 14.0. The van der Waals surface area contributed by atoms with E-state index in [4.69, 9.17) is 5.73 Å². The number of nitrogens with two attached hydrogens (primary N) is 1. The second kappa shape index (κ2) is 6.66. The molecule has 102 valence electrons. The lowest BCUT2D eigenvalue weighted by molar-refractivity contribution is 0.319. The highest BCUT2D eigenvalue weighted by atomic mass is 32.2. The van der Waals surface area contributed by atoms with Crippen LogP contribution in [0.4, 0.5) is 10.8 Å². The zero-order valence-electron chi connectivity index (χ0n) is 11.2. The molecule has 3 nitrogen and oxygen atoms in total. The summed E-state index contributed by atoms with van der Waals surface area (Å²) in [6.07, 6.45) is 10.1. The fourth-order valence-corrected chi connectivity index (χ4v) is 4.38. The van der Waals surface area contributed by atoms with Gasteiger partial charge in [-0.3, -0.25) is 0 Å². The first-order chi connectivity index (χ1) is 8.74. The fourth-order valence-electron chi connectivity index (χ4n) is 2.77. The van der Waals surface area contributed by atoms with Crippen molar-refractivity contribution >= 4 is 34.1 Å². The average Bonchev–Trinajstić information content (AvgIpc) is 2.72. The first-order valence-electron chi connectivity index (χ1n) is 6.80. The smallest absolute Gasteiger partial charge is 0.153 e. The Hall–Kier alpha value is -0.420. The molecule has 1 aliphatic carbocycles. The summed E-state index contributed by atoms with van der Waals surface area (Å²) in [6, 6.07) is 0.615. The monoisotopic (exact) mass is 285 g/mol. The van der Waals surface area contributed by atoms with Gasteiger partial charge in [0.15, 0.2) is 5.82 Å². The van der Waals surface area contributed by atoms with Gasteiger partial charge in [0, 0.05) is 6.04 Å². The van der Waals surface area contributed by atoms with E-state index in [-0.39, 0.29) is 0 Å². The molecule has 18 heavy (non-hydrogen) atoms. The van der Waals surface area contributed by atoms with E-state index in [1.165, 1.54) is 55.1 Å². The summed E-state index contributed by atoms with van der Waals surface area (Å²) in [5.74, 6) is 1.63. The molecule has 1 aliphatic rings. The molecule has 0 radical (unpaired) electrons. The topological polar surface area (TPSA) is 50.9 Å². The first-order valence-corrected chi connectivity index (χ1v) is 8.80. The minimum absolute atomic E-state index is 0.615. The fraction of sp³-hybridized carbons (Fsp3) is 0.769. The van der Waals surface area contributed by atoms with Crippen LogP contribution >= 0.6 is 23.3 Å². The average molecular weight is 285 g/mol. The Morgan fingerprint density at radius 1 is 1.39 bits per heavy atom. The summed E-state index contributed by atoms with van der Waals surface area (Å²) in [7, 11) is 0. The number of rotatable bonds is 5. The molecule has 5 heteroatoms. The molecule has 1 heterocycles. The van der Waals surface area contributed by atoms with Crippen molar-refractivity contribution in [3.8, 4) is 0 Å². The lowest BCUT2D eigenvalue weighted by Gasteiger charge is -2.29. The van der Waals surface area contributed by atoms with Crippen LogP contribution in [0.2, 0.25) is 0 Å². The maximum absolute atomic E-state index is 5.86. The summed E-state index contributed by atoms with van der Waals surface area (Å²) in [4.78, 5) is 1.12. The van der Waals surface area contributed by atoms with Crippen LogP contribution < -0.4 is 11.1 Å². The van der Waals surface area contributed by atoms with Gasteiger partial charge in [-0.15, -0.1) is 11.8 Å².